The zero-order chi connectivity index (χ0) is 21.6. The van der Waals surface area contributed by atoms with E-state index in [2.05, 4.69) is 5.32 Å². The van der Waals surface area contributed by atoms with Crippen molar-refractivity contribution in [3.05, 3.63) is 84.4 Å². The van der Waals surface area contributed by atoms with Crippen molar-refractivity contribution >= 4 is 35.0 Å². The Morgan fingerprint density at radius 3 is 2.39 bits per heavy atom. The summed E-state index contributed by atoms with van der Waals surface area (Å²) in [4.78, 5) is 26.5. The number of carbonyl (C=O) groups excluding carboxylic acids is 2. The lowest BCUT2D eigenvalue weighted by molar-refractivity contribution is -0.118. The van der Waals surface area contributed by atoms with Crippen LogP contribution >= 0.6 is 11.8 Å². The molecule has 0 saturated carbocycles. The maximum absolute atomic E-state index is 12.5. The maximum Gasteiger partial charge on any atom is 0.262 e. The average Bonchev–Trinajstić information content (AvgIpc) is 3.20. The minimum absolute atomic E-state index is 0.0654. The Bertz CT molecular complexity index is 1040. The molecular formula is C24H22N2O4S. The summed E-state index contributed by atoms with van der Waals surface area (Å²) in [6.45, 7) is -0.0655. The number of thioether (sulfide) groups is 1. The second-order valence-corrected chi connectivity index (χ2v) is 7.97. The highest BCUT2D eigenvalue weighted by Crippen LogP contribution is 2.42. The Morgan fingerprint density at radius 2 is 1.71 bits per heavy atom. The number of benzene rings is 3. The van der Waals surface area contributed by atoms with E-state index in [1.165, 1.54) is 0 Å². The zero-order valence-electron chi connectivity index (χ0n) is 17.0. The standard InChI is InChI=1S/C24H22N2O4S/c1-29-20-13-11-19(12-14-20)26-23(28)16-31-24(26)17-7-9-18(10-8-17)25-22(27)15-30-21-5-3-2-4-6-21/h2-14,24H,15-16H2,1H3,(H,25,27)/t24-/m1/s1. The van der Waals surface area contributed by atoms with Gasteiger partial charge in [0.05, 0.1) is 12.9 Å². The number of ether oxygens (including phenoxy) is 2. The van der Waals surface area contributed by atoms with Crippen LogP contribution in [0.1, 0.15) is 10.9 Å². The van der Waals surface area contributed by atoms with Gasteiger partial charge in [-0.3, -0.25) is 14.5 Å². The van der Waals surface area contributed by atoms with Gasteiger partial charge in [-0.25, -0.2) is 0 Å². The number of para-hydroxylation sites is 1. The number of hydrogen-bond donors (Lipinski definition) is 1. The minimum atomic E-state index is -0.234. The normalized spacial score (nSPS) is 15.6. The fraction of sp³-hybridized carbons (Fsp3) is 0.167. The van der Waals surface area contributed by atoms with E-state index in [1.54, 1.807) is 35.9 Å². The van der Waals surface area contributed by atoms with Crippen LogP contribution in [-0.4, -0.2) is 31.3 Å². The summed E-state index contributed by atoms with van der Waals surface area (Å²) in [5.74, 6) is 1.65. The molecule has 3 aromatic carbocycles. The Morgan fingerprint density at radius 1 is 1.00 bits per heavy atom. The Kier molecular flexibility index (Phi) is 6.43. The molecule has 7 heteroatoms. The van der Waals surface area contributed by atoms with Gasteiger partial charge >= 0.3 is 0 Å². The van der Waals surface area contributed by atoms with Crippen LogP contribution in [0.2, 0.25) is 0 Å². The van der Waals surface area contributed by atoms with Crippen molar-refractivity contribution in [1.82, 2.24) is 0 Å². The third-order valence-electron chi connectivity index (χ3n) is 4.81. The summed E-state index contributed by atoms with van der Waals surface area (Å²) in [5, 5.41) is 2.71. The molecule has 3 aromatic rings. The van der Waals surface area contributed by atoms with Crippen molar-refractivity contribution in [2.75, 3.05) is 29.7 Å². The van der Waals surface area contributed by atoms with Crippen LogP contribution in [0.5, 0.6) is 11.5 Å². The highest BCUT2D eigenvalue weighted by Gasteiger charge is 2.34. The number of rotatable bonds is 7. The molecule has 4 rings (SSSR count). The van der Waals surface area contributed by atoms with Crippen LogP contribution in [0.15, 0.2) is 78.9 Å². The van der Waals surface area contributed by atoms with E-state index in [1.807, 2.05) is 66.7 Å². The molecule has 1 heterocycles. The molecule has 1 fully saturated rings. The quantitative estimate of drug-likeness (QED) is 0.593. The first-order valence-corrected chi connectivity index (χ1v) is 10.8. The number of methoxy groups -OCH3 is 1. The van der Waals surface area contributed by atoms with Crippen molar-refractivity contribution in [2.24, 2.45) is 0 Å². The highest BCUT2D eigenvalue weighted by atomic mass is 32.2. The molecule has 1 N–H and O–H groups in total. The van der Waals surface area contributed by atoms with E-state index in [-0.39, 0.29) is 23.8 Å². The van der Waals surface area contributed by atoms with Gasteiger partial charge in [-0.05, 0) is 54.1 Å². The van der Waals surface area contributed by atoms with Crippen LogP contribution in [-0.2, 0) is 9.59 Å². The monoisotopic (exact) mass is 434 g/mol. The van der Waals surface area contributed by atoms with Crippen LogP contribution in [0.25, 0.3) is 0 Å². The Balaban J connectivity index is 1.40. The summed E-state index contributed by atoms with van der Waals surface area (Å²) in [6, 6.07) is 24.2. The number of amides is 2. The van der Waals surface area contributed by atoms with Gasteiger partial charge in [0.25, 0.3) is 5.91 Å². The summed E-state index contributed by atoms with van der Waals surface area (Å²) in [5.41, 5.74) is 2.50. The number of nitrogens with zero attached hydrogens (tertiary/aromatic N) is 1. The summed E-state index contributed by atoms with van der Waals surface area (Å²) >= 11 is 1.58. The molecule has 0 unspecified atom stereocenters. The lowest BCUT2D eigenvalue weighted by Gasteiger charge is -2.24. The van der Waals surface area contributed by atoms with Gasteiger partial charge in [-0.15, -0.1) is 11.8 Å². The van der Waals surface area contributed by atoms with E-state index in [4.69, 9.17) is 9.47 Å². The molecule has 0 aliphatic carbocycles. The van der Waals surface area contributed by atoms with Crippen molar-refractivity contribution in [3.8, 4) is 11.5 Å². The van der Waals surface area contributed by atoms with E-state index in [9.17, 15) is 9.59 Å². The predicted molar refractivity (Wildman–Crippen MR) is 123 cm³/mol. The van der Waals surface area contributed by atoms with E-state index in [0.717, 1.165) is 17.0 Å². The molecule has 0 spiro atoms. The summed E-state index contributed by atoms with van der Waals surface area (Å²) < 4.78 is 10.7. The molecular weight excluding hydrogens is 412 g/mol. The maximum atomic E-state index is 12.5. The summed E-state index contributed by atoms with van der Waals surface area (Å²) in [7, 11) is 1.61. The third-order valence-corrected chi connectivity index (χ3v) is 6.02. The van der Waals surface area contributed by atoms with Crippen LogP contribution in [0.3, 0.4) is 0 Å². The Hall–Kier alpha value is -3.45. The lowest BCUT2D eigenvalue weighted by atomic mass is 10.1. The second kappa shape index (κ2) is 9.57. The van der Waals surface area contributed by atoms with E-state index < -0.39 is 0 Å². The molecule has 1 aliphatic rings. The van der Waals surface area contributed by atoms with Gasteiger partial charge < -0.3 is 14.8 Å². The number of nitrogens with one attached hydrogen (secondary N) is 1. The molecule has 1 aliphatic heterocycles. The largest absolute Gasteiger partial charge is 0.497 e. The number of anilines is 2. The van der Waals surface area contributed by atoms with E-state index in [0.29, 0.717) is 17.2 Å². The van der Waals surface area contributed by atoms with Crippen LogP contribution in [0, 0.1) is 0 Å². The lowest BCUT2D eigenvalue weighted by Crippen LogP contribution is -2.27. The van der Waals surface area contributed by atoms with Gasteiger partial charge in [-0.1, -0.05) is 30.3 Å². The van der Waals surface area contributed by atoms with Crippen molar-refractivity contribution in [1.29, 1.82) is 0 Å². The fourth-order valence-corrected chi connectivity index (χ4v) is 4.46. The van der Waals surface area contributed by atoms with Gasteiger partial charge in [-0.2, -0.15) is 0 Å². The first-order valence-electron chi connectivity index (χ1n) is 9.79. The van der Waals surface area contributed by atoms with Crippen LogP contribution < -0.4 is 19.7 Å². The number of hydrogen-bond acceptors (Lipinski definition) is 5. The molecule has 1 saturated heterocycles. The molecule has 31 heavy (non-hydrogen) atoms. The van der Waals surface area contributed by atoms with Gasteiger partial charge in [0.15, 0.2) is 6.61 Å². The van der Waals surface area contributed by atoms with Crippen LogP contribution in [0.4, 0.5) is 11.4 Å². The molecule has 158 valence electrons. The SMILES string of the molecule is COc1ccc(N2C(=O)CS[C@@H]2c2ccc(NC(=O)COc3ccccc3)cc2)cc1. The molecule has 0 radical (unpaired) electrons. The van der Waals surface area contributed by atoms with Crippen molar-refractivity contribution < 1.29 is 19.1 Å². The first kappa shape index (κ1) is 20.8. The molecule has 1 atom stereocenters. The Labute approximate surface area is 185 Å². The topological polar surface area (TPSA) is 67.9 Å². The molecule has 6 nitrogen and oxygen atoms in total. The molecule has 0 bridgehead atoms. The average molecular weight is 435 g/mol. The van der Waals surface area contributed by atoms with Gasteiger partial charge in [0.2, 0.25) is 5.91 Å². The summed E-state index contributed by atoms with van der Waals surface area (Å²) in [6.07, 6.45) is 0. The zero-order valence-corrected chi connectivity index (χ0v) is 17.8. The van der Waals surface area contributed by atoms with Gasteiger partial charge in [0.1, 0.15) is 16.9 Å². The second-order valence-electron chi connectivity index (χ2n) is 6.90. The molecule has 0 aromatic heterocycles. The van der Waals surface area contributed by atoms with Crippen molar-refractivity contribution in [3.63, 3.8) is 0 Å². The van der Waals surface area contributed by atoms with E-state index >= 15 is 0 Å². The smallest absolute Gasteiger partial charge is 0.262 e. The minimum Gasteiger partial charge on any atom is -0.497 e. The fourth-order valence-electron chi connectivity index (χ4n) is 3.29. The molecule has 2 amide bonds. The first-order chi connectivity index (χ1) is 15.1. The van der Waals surface area contributed by atoms with Gasteiger partial charge in [0, 0.05) is 11.4 Å². The third kappa shape index (κ3) is 5.00. The predicted octanol–water partition coefficient (Wildman–Crippen LogP) is 4.49. The highest BCUT2D eigenvalue weighted by molar-refractivity contribution is 8.00. The number of carbonyl (C=O) groups is 2. The van der Waals surface area contributed by atoms with Crippen molar-refractivity contribution in [2.45, 2.75) is 5.37 Å².